The lowest BCUT2D eigenvalue weighted by molar-refractivity contribution is 0.239. The lowest BCUT2D eigenvalue weighted by Crippen LogP contribution is -2.38. The molecule has 0 saturated carbocycles. The molecule has 0 amide bonds. The minimum atomic E-state index is -0.478. The molecule has 2 N–H and O–H groups in total. The molecular formula is C19H24ClFN2OS. The molecule has 1 aromatic heterocycles. The Hall–Kier alpha value is -1.14. The maximum Gasteiger partial charge on any atom is 0.130 e. The van der Waals surface area contributed by atoms with Gasteiger partial charge in [-0.2, -0.15) is 0 Å². The second kappa shape index (κ2) is 8.04. The molecular weight excluding hydrogens is 359 g/mol. The minimum absolute atomic E-state index is 0.0212. The van der Waals surface area contributed by atoms with Gasteiger partial charge >= 0.3 is 0 Å². The lowest BCUT2D eigenvalue weighted by atomic mass is 9.89. The first-order valence-corrected chi connectivity index (χ1v) is 9.32. The average Bonchev–Trinajstić information content (AvgIpc) is 2.53. The molecule has 25 heavy (non-hydrogen) atoms. The summed E-state index contributed by atoms with van der Waals surface area (Å²) in [6.45, 7) is 8.43. The van der Waals surface area contributed by atoms with E-state index in [0.717, 1.165) is 11.1 Å². The van der Waals surface area contributed by atoms with E-state index in [9.17, 15) is 9.50 Å². The highest BCUT2D eigenvalue weighted by atomic mass is 35.5. The number of hydrogen-bond acceptors (Lipinski definition) is 4. The molecule has 2 aromatic rings. The van der Waals surface area contributed by atoms with Gasteiger partial charge in [0.15, 0.2) is 0 Å². The molecule has 1 heterocycles. The van der Waals surface area contributed by atoms with Gasteiger partial charge in [-0.1, -0.05) is 23.5 Å². The fourth-order valence-electron chi connectivity index (χ4n) is 2.33. The molecule has 1 aromatic carbocycles. The van der Waals surface area contributed by atoms with Crippen molar-refractivity contribution in [2.24, 2.45) is 0 Å². The first kappa shape index (κ1) is 20.2. The Labute approximate surface area is 158 Å². The van der Waals surface area contributed by atoms with Crippen LogP contribution in [0.4, 0.5) is 4.39 Å². The van der Waals surface area contributed by atoms with Gasteiger partial charge < -0.3 is 5.11 Å². The lowest BCUT2D eigenvalue weighted by Gasteiger charge is -2.34. The topological polar surface area (TPSA) is 45.1 Å². The number of benzene rings is 1. The fourth-order valence-corrected chi connectivity index (χ4v) is 3.29. The van der Waals surface area contributed by atoms with Crippen molar-refractivity contribution in [3.8, 4) is 11.3 Å². The van der Waals surface area contributed by atoms with Crippen molar-refractivity contribution >= 4 is 23.5 Å². The van der Waals surface area contributed by atoms with Crippen molar-refractivity contribution in [1.82, 2.24) is 9.71 Å². The molecule has 0 aliphatic heterocycles. The summed E-state index contributed by atoms with van der Waals surface area (Å²) in [5, 5.41) is 9.90. The third kappa shape index (κ3) is 5.68. The van der Waals surface area contributed by atoms with Crippen LogP contribution < -0.4 is 4.72 Å². The first-order valence-electron chi connectivity index (χ1n) is 8.13. The van der Waals surface area contributed by atoms with Gasteiger partial charge in [0.05, 0.1) is 11.2 Å². The molecule has 6 heteroatoms. The van der Waals surface area contributed by atoms with Crippen LogP contribution in [0.15, 0.2) is 36.4 Å². The van der Waals surface area contributed by atoms with E-state index in [0.29, 0.717) is 17.3 Å². The molecule has 3 nitrogen and oxygen atoms in total. The Kier molecular flexibility index (Phi) is 6.49. The second-order valence-electron chi connectivity index (χ2n) is 7.19. The highest BCUT2D eigenvalue weighted by Gasteiger charge is 2.29. The maximum atomic E-state index is 13.2. The molecule has 1 atom stereocenters. The van der Waals surface area contributed by atoms with E-state index in [-0.39, 0.29) is 17.2 Å². The summed E-state index contributed by atoms with van der Waals surface area (Å²) >= 11 is 7.86. The molecule has 0 aliphatic rings. The number of pyridine rings is 1. The summed E-state index contributed by atoms with van der Waals surface area (Å²) < 4.78 is 16.7. The standard InChI is InChI=1S/C19H24ClFN2OS/c1-18(2,3)25-23-19(4,9-10-24)14-11-16(22-17(20)12-14)13-5-7-15(21)8-6-13/h5-8,11-12,23-24H,9-10H2,1-4H3. The van der Waals surface area contributed by atoms with Crippen molar-refractivity contribution in [2.45, 2.75) is 44.4 Å². The van der Waals surface area contributed by atoms with Gasteiger partial charge in [-0.3, -0.25) is 4.72 Å². The van der Waals surface area contributed by atoms with Crippen molar-refractivity contribution in [3.63, 3.8) is 0 Å². The molecule has 0 saturated heterocycles. The van der Waals surface area contributed by atoms with Crippen LogP contribution >= 0.6 is 23.5 Å². The Morgan fingerprint density at radius 3 is 2.36 bits per heavy atom. The molecule has 0 bridgehead atoms. The summed E-state index contributed by atoms with van der Waals surface area (Å²) in [7, 11) is 0. The van der Waals surface area contributed by atoms with E-state index >= 15 is 0 Å². The van der Waals surface area contributed by atoms with E-state index in [4.69, 9.17) is 11.6 Å². The van der Waals surface area contributed by atoms with E-state index in [2.05, 4.69) is 30.5 Å². The maximum absolute atomic E-state index is 13.2. The van der Waals surface area contributed by atoms with E-state index in [1.807, 2.05) is 13.0 Å². The number of aliphatic hydroxyl groups is 1. The van der Waals surface area contributed by atoms with E-state index < -0.39 is 5.54 Å². The molecule has 0 spiro atoms. The first-order chi connectivity index (χ1) is 11.6. The van der Waals surface area contributed by atoms with Crippen LogP contribution in [0.25, 0.3) is 11.3 Å². The highest BCUT2D eigenvalue weighted by molar-refractivity contribution is 7.98. The Morgan fingerprint density at radius 2 is 1.80 bits per heavy atom. The number of rotatable bonds is 6. The molecule has 0 radical (unpaired) electrons. The van der Waals surface area contributed by atoms with Crippen LogP contribution in [0.5, 0.6) is 0 Å². The van der Waals surface area contributed by atoms with Crippen LogP contribution in [0, 0.1) is 5.82 Å². The third-order valence-electron chi connectivity index (χ3n) is 3.77. The highest BCUT2D eigenvalue weighted by Crippen LogP contribution is 2.34. The average molecular weight is 383 g/mol. The summed E-state index contributed by atoms with van der Waals surface area (Å²) in [5.74, 6) is -0.292. The van der Waals surface area contributed by atoms with Gasteiger partial charge in [0, 0.05) is 16.9 Å². The fraction of sp³-hybridized carbons (Fsp3) is 0.421. The Morgan fingerprint density at radius 1 is 1.16 bits per heavy atom. The SMILES string of the molecule is CC(C)(C)SNC(C)(CCO)c1cc(Cl)nc(-c2ccc(F)cc2)c1. The van der Waals surface area contributed by atoms with Gasteiger partial charge in [-0.15, -0.1) is 0 Å². The number of aromatic nitrogens is 1. The third-order valence-corrected chi connectivity index (χ3v) is 5.12. The molecule has 2 rings (SSSR count). The number of hydrogen-bond donors (Lipinski definition) is 2. The quantitative estimate of drug-likeness (QED) is 0.534. The molecule has 0 fully saturated rings. The molecule has 136 valence electrons. The van der Waals surface area contributed by atoms with Crippen molar-refractivity contribution in [3.05, 3.63) is 52.9 Å². The van der Waals surface area contributed by atoms with E-state index in [1.165, 1.54) is 12.1 Å². The van der Waals surface area contributed by atoms with E-state index in [1.54, 1.807) is 30.1 Å². The zero-order valence-corrected chi connectivity index (χ0v) is 16.5. The minimum Gasteiger partial charge on any atom is -0.396 e. The monoisotopic (exact) mass is 382 g/mol. The summed E-state index contributed by atoms with van der Waals surface area (Å²) in [4.78, 5) is 4.36. The predicted octanol–water partition coefficient (Wildman–Crippen LogP) is 5.18. The second-order valence-corrected chi connectivity index (χ2v) is 9.21. The normalized spacial score (nSPS) is 14.4. The van der Waals surface area contributed by atoms with Gasteiger partial charge in [0.2, 0.25) is 0 Å². The van der Waals surface area contributed by atoms with Gasteiger partial charge in [-0.05, 0) is 76.1 Å². The largest absolute Gasteiger partial charge is 0.396 e. The smallest absolute Gasteiger partial charge is 0.130 e. The summed E-state index contributed by atoms with van der Waals surface area (Å²) in [5.41, 5.74) is 1.92. The number of aliphatic hydroxyl groups excluding tert-OH is 1. The summed E-state index contributed by atoms with van der Waals surface area (Å²) in [6, 6.07) is 9.90. The van der Waals surface area contributed by atoms with Crippen LogP contribution in [-0.2, 0) is 5.54 Å². The van der Waals surface area contributed by atoms with Crippen LogP contribution in [0.3, 0.4) is 0 Å². The Bertz CT molecular complexity index is 718. The van der Waals surface area contributed by atoms with Crippen molar-refractivity contribution in [2.75, 3.05) is 6.61 Å². The summed E-state index contributed by atoms with van der Waals surface area (Å²) in [6.07, 6.45) is 0.527. The van der Waals surface area contributed by atoms with Crippen LogP contribution in [0.2, 0.25) is 5.15 Å². The molecule has 0 aliphatic carbocycles. The number of nitrogens with one attached hydrogen (secondary N) is 1. The predicted molar refractivity (Wildman–Crippen MR) is 104 cm³/mol. The van der Waals surface area contributed by atoms with Crippen molar-refractivity contribution in [1.29, 1.82) is 0 Å². The van der Waals surface area contributed by atoms with Gasteiger partial charge in [-0.25, -0.2) is 9.37 Å². The number of halogens is 2. The van der Waals surface area contributed by atoms with Gasteiger partial charge in [0.25, 0.3) is 0 Å². The number of nitrogens with zero attached hydrogens (tertiary/aromatic N) is 1. The Balaban J connectivity index is 2.42. The van der Waals surface area contributed by atoms with Gasteiger partial charge in [0.1, 0.15) is 11.0 Å². The van der Waals surface area contributed by atoms with Crippen LogP contribution in [-0.4, -0.2) is 21.4 Å². The van der Waals surface area contributed by atoms with Crippen molar-refractivity contribution < 1.29 is 9.50 Å². The zero-order valence-electron chi connectivity index (χ0n) is 14.9. The molecule has 1 unspecified atom stereocenters. The van der Waals surface area contributed by atoms with Crippen LogP contribution in [0.1, 0.15) is 39.7 Å². The zero-order chi connectivity index (χ0) is 18.7.